The van der Waals surface area contributed by atoms with Crippen molar-refractivity contribution in [2.75, 3.05) is 0 Å². The normalized spacial score (nSPS) is 10.9. The maximum Gasteiger partial charge on any atom is 0.277 e. The van der Waals surface area contributed by atoms with Crippen molar-refractivity contribution in [1.29, 1.82) is 0 Å². The van der Waals surface area contributed by atoms with Crippen molar-refractivity contribution in [3.8, 4) is 22.3 Å². The first-order valence-electron chi connectivity index (χ1n) is 4.89. The van der Waals surface area contributed by atoms with Crippen LogP contribution >= 0.6 is 22.7 Å². The van der Waals surface area contributed by atoms with E-state index < -0.39 is 0 Å². The van der Waals surface area contributed by atoms with E-state index in [0.29, 0.717) is 24.0 Å². The van der Waals surface area contributed by atoms with Crippen LogP contribution in [0.5, 0.6) is 0 Å². The fraction of sp³-hybridized carbons (Fsp3) is 0.100. The van der Waals surface area contributed by atoms with Gasteiger partial charge < -0.3 is 10.3 Å². The van der Waals surface area contributed by atoms with Crippen LogP contribution in [0.2, 0.25) is 0 Å². The molecule has 5 nitrogen and oxygen atoms in total. The molecule has 0 radical (unpaired) electrons. The first-order chi connectivity index (χ1) is 8.36. The summed E-state index contributed by atoms with van der Waals surface area (Å²) in [6.07, 6.45) is 0. The van der Waals surface area contributed by atoms with E-state index in [1.54, 1.807) is 11.3 Å². The predicted molar refractivity (Wildman–Crippen MR) is 66.6 cm³/mol. The Morgan fingerprint density at radius 1 is 1.29 bits per heavy atom. The van der Waals surface area contributed by atoms with Crippen LogP contribution in [0.3, 0.4) is 0 Å². The molecule has 0 bridgehead atoms. The van der Waals surface area contributed by atoms with Crippen LogP contribution in [0.4, 0.5) is 0 Å². The van der Waals surface area contributed by atoms with Gasteiger partial charge >= 0.3 is 0 Å². The van der Waals surface area contributed by atoms with Gasteiger partial charge in [0.2, 0.25) is 5.82 Å². The predicted octanol–water partition coefficient (Wildman–Crippen LogP) is 2.38. The smallest absolute Gasteiger partial charge is 0.277 e. The fourth-order valence-corrected chi connectivity index (χ4v) is 2.63. The van der Waals surface area contributed by atoms with Crippen LogP contribution in [0, 0.1) is 0 Å². The van der Waals surface area contributed by atoms with Crippen LogP contribution in [0.25, 0.3) is 22.3 Å². The average molecular weight is 264 g/mol. The summed E-state index contributed by atoms with van der Waals surface area (Å²) in [5.41, 5.74) is 6.19. The first kappa shape index (κ1) is 10.6. The topological polar surface area (TPSA) is 77.8 Å². The standard InChI is InChI=1S/C10H8N4OS2/c11-4-8-12-6(5-17-8)10-13-9(14-15-10)7-2-1-3-16-7/h1-3,5H,4,11H2. The molecule has 3 aromatic heterocycles. The number of rotatable bonds is 3. The third-order valence-electron chi connectivity index (χ3n) is 2.11. The van der Waals surface area contributed by atoms with Gasteiger partial charge in [0.1, 0.15) is 10.7 Å². The fourth-order valence-electron chi connectivity index (χ4n) is 1.34. The zero-order valence-electron chi connectivity index (χ0n) is 8.66. The second kappa shape index (κ2) is 4.36. The van der Waals surface area contributed by atoms with E-state index in [1.807, 2.05) is 22.9 Å². The van der Waals surface area contributed by atoms with Crippen molar-refractivity contribution >= 4 is 22.7 Å². The van der Waals surface area contributed by atoms with Crippen LogP contribution in [0.1, 0.15) is 5.01 Å². The number of aromatic nitrogens is 3. The van der Waals surface area contributed by atoms with E-state index in [-0.39, 0.29) is 0 Å². The van der Waals surface area contributed by atoms with Crippen LogP contribution in [-0.2, 0) is 6.54 Å². The first-order valence-corrected chi connectivity index (χ1v) is 6.65. The minimum atomic E-state index is 0.427. The highest BCUT2D eigenvalue weighted by atomic mass is 32.1. The monoisotopic (exact) mass is 264 g/mol. The molecule has 0 spiro atoms. The summed E-state index contributed by atoms with van der Waals surface area (Å²) >= 11 is 3.06. The highest BCUT2D eigenvalue weighted by molar-refractivity contribution is 7.13. The number of hydrogen-bond donors (Lipinski definition) is 1. The molecule has 17 heavy (non-hydrogen) atoms. The van der Waals surface area contributed by atoms with Crippen LogP contribution < -0.4 is 5.73 Å². The highest BCUT2D eigenvalue weighted by Crippen LogP contribution is 2.25. The molecule has 3 rings (SSSR count). The Balaban J connectivity index is 1.94. The number of thiazole rings is 1. The van der Waals surface area contributed by atoms with Gasteiger partial charge in [-0.1, -0.05) is 11.2 Å². The summed E-state index contributed by atoms with van der Waals surface area (Å²) < 4.78 is 5.18. The maximum absolute atomic E-state index is 5.51. The molecule has 0 saturated carbocycles. The van der Waals surface area contributed by atoms with Crippen molar-refractivity contribution in [2.24, 2.45) is 5.73 Å². The summed E-state index contributed by atoms with van der Waals surface area (Å²) in [5, 5.41) is 8.63. The van der Waals surface area contributed by atoms with E-state index in [4.69, 9.17) is 10.3 Å². The zero-order valence-corrected chi connectivity index (χ0v) is 10.3. The Bertz CT molecular complexity index is 614. The van der Waals surface area contributed by atoms with Gasteiger partial charge in [0.05, 0.1) is 4.88 Å². The molecule has 0 aliphatic heterocycles. The summed E-state index contributed by atoms with van der Waals surface area (Å²) in [4.78, 5) is 9.58. The van der Waals surface area contributed by atoms with Crippen LogP contribution in [0.15, 0.2) is 27.4 Å². The summed E-state index contributed by atoms with van der Waals surface area (Å²) in [7, 11) is 0. The Hall–Kier alpha value is -1.57. The summed E-state index contributed by atoms with van der Waals surface area (Å²) in [6, 6.07) is 3.90. The lowest BCUT2D eigenvalue weighted by Gasteiger charge is -1.85. The molecule has 7 heteroatoms. The minimum absolute atomic E-state index is 0.427. The van der Waals surface area contributed by atoms with Gasteiger partial charge in [0.25, 0.3) is 5.89 Å². The van der Waals surface area contributed by atoms with Crippen molar-refractivity contribution < 1.29 is 4.52 Å². The van der Waals surface area contributed by atoms with E-state index in [1.165, 1.54) is 11.3 Å². The molecular formula is C10H8N4OS2. The molecule has 0 amide bonds. The van der Waals surface area contributed by atoms with Gasteiger partial charge in [-0.05, 0) is 11.4 Å². The molecular weight excluding hydrogens is 256 g/mol. The van der Waals surface area contributed by atoms with Gasteiger partial charge in [-0.2, -0.15) is 4.98 Å². The molecule has 3 heterocycles. The summed E-state index contributed by atoms with van der Waals surface area (Å²) in [6.45, 7) is 0.427. The lowest BCUT2D eigenvalue weighted by Crippen LogP contribution is -1.94. The van der Waals surface area contributed by atoms with Crippen LogP contribution in [-0.4, -0.2) is 15.1 Å². The van der Waals surface area contributed by atoms with E-state index in [9.17, 15) is 0 Å². The Morgan fingerprint density at radius 3 is 2.94 bits per heavy atom. The molecule has 0 saturated heterocycles. The number of nitrogens with two attached hydrogens (primary N) is 1. The molecule has 3 aromatic rings. The SMILES string of the molecule is NCc1nc(-c2nc(-c3cccs3)no2)cs1. The third-order valence-corrected chi connectivity index (χ3v) is 3.85. The molecule has 0 aliphatic rings. The quantitative estimate of drug-likeness (QED) is 0.785. The van der Waals surface area contributed by atoms with Crippen molar-refractivity contribution in [1.82, 2.24) is 15.1 Å². The molecule has 2 N–H and O–H groups in total. The molecule has 0 fully saturated rings. The molecule has 86 valence electrons. The Labute approximate surface area is 105 Å². The molecule has 0 atom stereocenters. The Kier molecular flexibility index (Phi) is 2.71. The van der Waals surface area contributed by atoms with Gasteiger partial charge in [-0.15, -0.1) is 22.7 Å². The second-order valence-corrected chi connectivity index (χ2v) is 5.12. The summed E-state index contributed by atoms with van der Waals surface area (Å²) in [5.74, 6) is 1.03. The van der Waals surface area contributed by atoms with E-state index in [0.717, 1.165) is 9.88 Å². The highest BCUT2D eigenvalue weighted by Gasteiger charge is 2.13. The van der Waals surface area contributed by atoms with E-state index >= 15 is 0 Å². The second-order valence-electron chi connectivity index (χ2n) is 3.23. The van der Waals surface area contributed by atoms with Gasteiger partial charge in [-0.3, -0.25) is 0 Å². The van der Waals surface area contributed by atoms with Crippen molar-refractivity contribution in [3.05, 3.63) is 27.9 Å². The minimum Gasteiger partial charge on any atom is -0.332 e. The van der Waals surface area contributed by atoms with Crippen molar-refractivity contribution in [3.63, 3.8) is 0 Å². The number of hydrogen-bond acceptors (Lipinski definition) is 7. The number of thiophene rings is 1. The molecule has 0 aromatic carbocycles. The number of nitrogens with zero attached hydrogens (tertiary/aromatic N) is 3. The third kappa shape index (κ3) is 1.99. The zero-order chi connectivity index (χ0) is 11.7. The largest absolute Gasteiger partial charge is 0.332 e. The lowest BCUT2D eigenvalue weighted by atomic mass is 10.4. The van der Waals surface area contributed by atoms with Gasteiger partial charge in [0.15, 0.2) is 0 Å². The molecule has 0 unspecified atom stereocenters. The average Bonchev–Trinajstić information content (AvgIpc) is 3.09. The Morgan fingerprint density at radius 2 is 2.24 bits per heavy atom. The van der Waals surface area contributed by atoms with Gasteiger partial charge in [-0.25, -0.2) is 4.98 Å². The van der Waals surface area contributed by atoms with E-state index in [2.05, 4.69) is 15.1 Å². The molecule has 0 aliphatic carbocycles. The maximum atomic E-state index is 5.51. The van der Waals surface area contributed by atoms with Gasteiger partial charge in [0, 0.05) is 11.9 Å². The van der Waals surface area contributed by atoms with Crippen molar-refractivity contribution in [2.45, 2.75) is 6.54 Å². The lowest BCUT2D eigenvalue weighted by molar-refractivity contribution is 0.431.